The fourth-order valence-corrected chi connectivity index (χ4v) is 4.02. The Kier molecular flexibility index (Phi) is 2.57. The van der Waals surface area contributed by atoms with Crippen LogP contribution < -0.4 is 5.32 Å². The van der Waals surface area contributed by atoms with Gasteiger partial charge in [-0.3, -0.25) is 9.59 Å². The Morgan fingerprint density at radius 2 is 2.45 bits per heavy atom. The summed E-state index contributed by atoms with van der Waals surface area (Å²) in [7, 11) is 0. The molecule has 0 aromatic carbocycles. The van der Waals surface area contributed by atoms with E-state index in [0.29, 0.717) is 42.6 Å². The molecule has 2 aromatic heterocycles. The predicted octanol–water partition coefficient (Wildman–Crippen LogP) is 1.56. The van der Waals surface area contributed by atoms with Gasteiger partial charge in [-0.1, -0.05) is 6.58 Å². The number of thiazole rings is 1. The number of carbonyl (C=O) groups excluding carboxylic acids is 2. The van der Waals surface area contributed by atoms with Gasteiger partial charge in [0.1, 0.15) is 0 Å². The fourth-order valence-electron chi connectivity index (χ4n) is 3.15. The third kappa shape index (κ3) is 1.93. The first-order valence-corrected chi connectivity index (χ1v) is 7.80. The number of carbonyl (C=O) groups is 2. The van der Waals surface area contributed by atoms with Gasteiger partial charge in [-0.2, -0.15) is 0 Å². The maximum absolute atomic E-state index is 12.7. The normalized spacial score (nSPS) is 25.1. The van der Waals surface area contributed by atoms with Crippen molar-refractivity contribution < 1.29 is 11.0 Å². The van der Waals surface area contributed by atoms with Crippen molar-refractivity contribution >= 4 is 33.5 Å². The molecule has 112 valence electrons. The van der Waals surface area contributed by atoms with Crippen LogP contribution in [0.3, 0.4) is 0 Å². The molecule has 1 unspecified atom stereocenters. The molecule has 2 aromatic rings. The highest BCUT2D eigenvalue weighted by Crippen LogP contribution is 2.40. The van der Waals surface area contributed by atoms with E-state index >= 15 is 0 Å². The van der Waals surface area contributed by atoms with E-state index in [1.54, 1.807) is 11.0 Å². The summed E-state index contributed by atoms with van der Waals surface area (Å²) >= 11 is 1.24. The zero-order valence-electron chi connectivity index (χ0n) is 12.8. The highest BCUT2D eigenvalue weighted by Gasteiger charge is 2.50. The molecule has 0 bridgehead atoms. The topological polar surface area (TPSA) is 75.2 Å². The molecule has 2 aliphatic rings. The molecule has 0 aliphatic carbocycles. The van der Waals surface area contributed by atoms with Crippen LogP contribution in [0, 0.1) is 5.41 Å². The highest BCUT2D eigenvalue weighted by molar-refractivity contribution is 7.20. The fraction of sp³-hybridized carbons (Fsp3) is 0.333. The van der Waals surface area contributed by atoms with Crippen molar-refractivity contribution in [1.82, 2.24) is 20.2 Å². The van der Waals surface area contributed by atoms with Gasteiger partial charge in [-0.05, 0) is 18.5 Å². The molecule has 22 heavy (non-hydrogen) atoms. The van der Waals surface area contributed by atoms with Crippen LogP contribution in [0.1, 0.15) is 24.0 Å². The number of rotatable bonds is 1. The molecular weight excluding hydrogens is 300 g/mol. The van der Waals surface area contributed by atoms with Crippen molar-refractivity contribution in [2.45, 2.75) is 12.8 Å². The molecule has 2 aliphatic heterocycles. The van der Waals surface area contributed by atoms with Crippen molar-refractivity contribution in [1.29, 1.82) is 0 Å². The first-order chi connectivity index (χ1) is 11.0. The lowest BCUT2D eigenvalue weighted by Crippen LogP contribution is -2.36. The van der Waals surface area contributed by atoms with E-state index < -0.39 is 5.41 Å². The van der Waals surface area contributed by atoms with Crippen LogP contribution in [0.4, 0.5) is 0 Å². The summed E-state index contributed by atoms with van der Waals surface area (Å²) in [6.07, 6.45) is 2.64. The zero-order chi connectivity index (χ0) is 16.2. The lowest BCUT2D eigenvalue weighted by Gasteiger charge is -2.20. The second kappa shape index (κ2) is 4.61. The summed E-state index contributed by atoms with van der Waals surface area (Å²) in [5.41, 5.74) is 0.669. The summed E-state index contributed by atoms with van der Waals surface area (Å²) in [4.78, 5) is 34.8. The van der Waals surface area contributed by atoms with Crippen LogP contribution >= 0.6 is 11.3 Å². The molecule has 4 heterocycles. The number of nitrogens with zero attached hydrogens (tertiary/aromatic N) is 3. The number of allylic oxidation sites excluding steroid dienone is 1. The molecule has 1 N–H and O–H groups in total. The van der Waals surface area contributed by atoms with E-state index in [1.165, 1.54) is 17.5 Å². The molecule has 1 atom stereocenters. The number of aromatic nitrogens is 2. The Labute approximate surface area is 132 Å². The third-order valence-corrected chi connectivity index (χ3v) is 5.24. The SMILES string of the molecule is [3H]c1cnc2nc(C(=O)N3CCC4(CC(=C)NC4=O)C3)sc2c1. The maximum atomic E-state index is 12.7. The molecule has 2 fully saturated rings. The largest absolute Gasteiger partial charge is 0.335 e. The average Bonchev–Trinajstić information content (AvgIpc) is 3.17. The van der Waals surface area contributed by atoms with Crippen molar-refractivity contribution in [3.63, 3.8) is 0 Å². The summed E-state index contributed by atoms with van der Waals surface area (Å²) in [5, 5.41) is 3.12. The minimum absolute atomic E-state index is 0.0392. The average molecular weight is 316 g/mol. The number of likely N-dealkylation sites (tertiary alicyclic amines) is 1. The number of fused-ring (bicyclic) bond motifs is 1. The molecule has 2 amide bonds. The number of pyridine rings is 1. The van der Waals surface area contributed by atoms with Gasteiger partial charge in [-0.15, -0.1) is 11.3 Å². The summed E-state index contributed by atoms with van der Waals surface area (Å²) in [6, 6.07) is 1.94. The number of amides is 2. The smallest absolute Gasteiger partial charge is 0.282 e. The van der Waals surface area contributed by atoms with E-state index in [9.17, 15) is 9.59 Å². The van der Waals surface area contributed by atoms with Crippen molar-refractivity contribution in [3.05, 3.63) is 35.6 Å². The van der Waals surface area contributed by atoms with Gasteiger partial charge in [-0.25, -0.2) is 9.97 Å². The molecule has 1 spiro atoms. The Hall–Kier alpha value is -2.28. The lowest BCUT2D eigenvalue weighted by atomic mass is 9.85. The van der Waals surface area contributed by atoms with E-state index in [2.05, 4.69) is 21.9 Å². The second-order valence-electron chi connectivity index (χ2n) is 5.77. The lowest BCUT2D eigenvalue weighted by molar-refractivity contribution is -0.126. The predicted molar refractivity (Wildman–Crippen MR) is 82.3 cm³/mol. The Bertz CT molecular complexity index is 864. The van der Waals surface area contributed by atoms with Gasteiger partial charge in [0.25, 0.3) is 5.91 Å². The molecule has 7 heteroatoms. The van der Waals surface area contributed by atoms with Crippen molar-refractivity contribution in [2.24, 2.45) is 5.41 Å². The van der Waals surface area contributed by atoms with Crippen LogP contribution in [-0.4, -0.2) is 39.8 Å². The molecule has 0 radical (unpaired) electrons. The molecule has 4 rings (SSSR count). The molecule has 6 nitrogen and oxygen atoms in total. The Morgan fingerprint density at radius 1 is 1.59 bits per heavy atom. The molecule has 2 saturated heterocycles. The molecule has 0 saturated carbocycles. The zero-order valence-corrected chi connectivity index (χ0v) is 12.6. The number of nitrogens with one attached hydrogen (secondary N) is 1. The van der Waals surface area contributed by atoms with Crippen molar-refractivity contribution in [3.8, 4) is 0 Å². The quantitative estimate of drug-likeness (QED) is 0.866. The highest BCUT2D eigenvalue weighted by atomic mass is 32.1. The van der Waals surface area contributed by atoms with E-state index in [4.69, 9.17) is 1.37 Å². The van der Waals surface area contributed by atoms with E-state index in [1.807, 2.05) is 0 Å². The van der Waals surface area contributed by atoms with Gasteiger partial charge in [0.05, 0.1) is 11.5 Å². The minimum atomic E-state index is -0.532. The standard InChI is InChI=1S/C15H14N4O2S/c1-9-7-15(14(21)17-9)4-6-19(8-15)13(20)12-18-11-10(22-12)3-2-5-16-11/h2-3,5H,1,4,6-8H2,(H,17,21)/i2T. The Balaban J connectivity index is 1.59. The van der Waals surface area contributed by atoms with Gasteiger partial charge in [0.15, 0.2) is 10.7 Å². The second-order valence-corrected chi connectivity index (χ2v) is 6.80. The number of hydrogen-bond donors (Lipinski definition) is 1. The summed E-state index contributed by atoms with van der Waals surface area (Å²) in [6.45, 7) is 4.74. The van der Waals surface area contributed by atoms with Crippen molar-refractivity contribution in [2.75, 3.05) is 13.1 Å². The van der Waals surface area contributed by atoms with Crippen LogP contribution in [0.2, 0.25) is 0 Å². The monoisotopic (exact) mass is 316 g/mol. The third-order valence-electron chi connectivity index (χ3n) is 4.26. The van der Waals surface area contributed by atoms with Crippen LogP contribution in [0.25, 0.3) is 10.3 Å². The Morgan fingerprint density at radius 3 is 3.23 bits per heavy atom. The van der Waals surface area contributed by atoms with Gasteiger partial charge >= 0.3 is 0 Å². The van der Waals surface area contributed by atoms with E-state index in [-0.39, 0.29) is 11.8 Å². The minimum Gasteiger partial charge on any atom is -0.335 e. The van der Waals surface area contributed by atoms with Gasteiger partial charge in [0, 0.05) is 31.4 Å². The van der Waals surface area contributed by atoms with Crippen LogP contribution in [-0.2, 0) is 4.79 Å². The van der Waals surface area contributed by atoms with Crippen LogP contribution in [0.15, 0.2) is 30.6 Å². The number of hydrogen-bond acceptors (Lipinski definition) is 5. The van der Waals surface area contributed by atoms with Crippen LogP contribution in [0.5, 0.6) is 0 Å². The molecular formula is C15H14N4O2S. The van der Waals surface area contributed by atoms with Gasteiger partial charge in [0.2, 0.25) is 5.91 Å². The first-order valence-electron chi connectivity index (χ1n) is 7.49. The summed E-state index contributed by atoms with van der Waals surface area (Å²) in [5.74, 6) is -0.218. The first kappa shape index (κ1) is 12.3. The summed E-state index contributed by atoms with van der Waals surface area (Å²) < 4.78 is 8.30. The van der Waals surface area contributed by atoms with E-state index in [0.717, 1.165) is 10.4 Å². The maximum Gasteiger partial charge on any atom is 0.282 e. The van der Waals surface area contributed by atoms with Gasteiger partial charge < -0.3 is 10.2 Å².